The molecule has 4 rings (SSSR count). The lowest BCUT2D eigenvalue weighted by Gasteiger charge is -2.37. The number of amides is 3. The minimum atomic E-state index is -1.19. The summed E-state index contributed by atoms with van der Waals surface area (Å²) in [7, 11) is 0. The molecule has 8 nitrogen and oxygen atoms in total. The molecule has 3 amide bonds. The van der Waals surface area contributed by atoms with Crippen LogP contribution in [0.15, 0.2) is 48.5 Å². The van der Waals surface area contributed by atoms with E-state index in [1.165, 1.54) is 0 Å². The number of hydrogen-bond acceptors (Lipinski definition) is 6. The van der Waals surface area contributed by atoms with E-state index in [9.17, 15) is 20.0 Å². The van der Waals surface area contributed by atoms with E-state index in [4.69, 9.17) is 11.6 Å². The smallest absolute Gasteiger partial charge is 0.325 e. The Labute approximate surface area is 210 Å². The number of nitrogens with one attached hydrogen (secondary N) is 1. The minimum Gasteiger partial charge on any atom is -0.390 e. The van der Waals surface area contributed by atoms with Gasteiger partial charge in [0.2, 0.25) is 0 Å². The minimum absolute atomic E-state index is 0. The fourth-order valence-corrected chi connectivity index (χ4v) is 4.55. The van der Waals surface area contributed by atoms with E-state index in [-0.39, 0.29) is 19.0 Å². The van der Waals surface area contributed by atoms with Crippen LogP contribution in [0.3, 0.4) is 0 Å². The highest BCUT2D eigenvalue weighted by Gasteiger charge is 2.49. The third-order valence-electron chi connectivity index (χ3n) is 6.30. The van der Waals surface area contributed by atoms with Crippen LogP contribution in [0, 0.1) is 11.3 Å². The number of urea groups is 1. The molecule has 2 aromatic rings. The van der Waals surface area contributed by atoms with Crippen LogP contribution >= 0.6 is 24.0 Å². The number of hydrogen-bond donors (Lipinski definition) is 2. The van der Waals surface area contributed by atoms with Crippen LogP contribution in [0.1, 0.15) is 18.1 Å². The largest absolute Gasteiger partial charge is 0.390 e. The fourth-order valence-electron chi connectivity index (χ4n) is 4.42. The quantitative estimate of drug-likeness (QED) is 0.587. The Morgan fingerprint density at radius 3 is 2.38 bits per heavy atom. The topological polar surface area (TPSA) is 99.9 Å². The summed E-state index contributed by atoms with van der Waals surface area (Å²) < 4.78 is 0. The van der Waals surface area contributed by atoms with Crippen molar-refractivity contribution < 1.29 is 14.7 Å². The number of nitriles is 1. The average Bonchev–Trinajstić information content (AvgIpc) is 3.03. The van der Waals surface area contributed by atoms with Crippen molar-refractivity contribution in [2.24, 2.45) is 0 Å². The number of carbonyl (C=O) groups is 2. The van der Waals surface area contributed by atoms with E-state index in [1.807, 2.05) is 18.2 Å². The van der Waals surface area contributed by atoms with Crippen molar-refractivity contribution in [3.8, 4) is 6.07 Å². The predicted molar refractivity (Wildman–Crippen MR) is 132 cm³/mol. The summed E-state index contributed by atoms with van der Waals surface area (Å²) in [6, 6.07) is 16.0. The van der Waals surface area contributed by atoms with Gasteiger partial charge in [-0.2, -0.15) is 5.26 Å². The van der Waals surface area contributed by atoms with Crippen molar-refractivity contribution in [3.05, 3.63) is 64.7 Å². The number of halogens is 2. The molecule has 2 aliphatic heterocycles. The van der Waals surface area contributed by atoms with Crippen molar-refractivity contribution in [2.45, 2.75) is 18.6 Å². The standard InChI is InChI=1S/C24H26ClN5O3.ClH/c1-24(18-6-8-19(25)9-7-18)22(32)30(23(33)27-24)16-20(31)15-28-10-12-29(13-11-28)21-5-3-2-4-17(21)14-26;/h2-9,20,31H,10-13,15-16H2,1H3,(H,27,33);1H. The second-order valence-corrected chi connectivity index (χ2v) is 8.98. The van der Waals surface area contributed by atoms with E-state index in [2.05, 4.69) is 21.2 Å². The first kappa shape index (κ1) is 25.8. The third kappa shape index (κ3) is 5.13. The molecule has 0 aromatic heterocycles. The Hall–Kier alpha value is -2.83. The molecule has 0 saturated carbocycles. The number of anilines is 1. The molecule has 0 radical (unpaired) electrons. The lowest BCUT2D eigenvalue weighted by Crippen LogP contribution is -2.51. The molecule has 2 unspecified atom stereocenters. The number of benzene rings is 2. The van der Waals surface area contributed by atoms with Gasteiger partial charge in [0.25, 0.3) is 5.91 Å². The van der Waals surface area contributed by atoms with Gasteiger partial charge in [0.05, 0.1) is 23.9 Å². The van der Waals surface area contributed by atoms with Crippen LogP contribution in [-0.4, -0.2) is 72.2 Å². The Morgan fingerprint density at radius 1 is 1.09 bits per heavy atom. The van der Waals surface area contributed by atoms with Crippen molar-refractivity contribution >= 4 is 41.6 Å². The van der Waals surface area contributed by atoms with Gasteiger partial charge in [0.15, 0.2) is 0 Å². The summed E-state index contributed by atoms with van der Waals surface area (Å²) in [5.41, 5.74) is 1.01. The van der Waals surface area contributed by atoms with E-state index in [0.717, 1.165) is 23.7 Å². The van der Waals surface area contributed by atoms with Gasteiger partial charge < -0.3 is 15.3 Å². The zero-order valence-electron chi connectivity index (χ0n) is 18.8. The van der Waals surface area contributed by atoms with Gasteiger partial charge in [0.1, 0.15) is 11.6 Å². The highest BCUT2D eigenvalue weighted by molar-refractivity contribution is 6.30. The summed E-state index contributed by atoms with van der Waals surface area (Å²) in [4.78, 5) is 31.0. The second-order valence-electron chi connectivity index (χ2n) is 8.55. The third-order valence-corrected chi connectivity index (χ3v) is 6.55. The first-order chi connectivity index (χ1) is 15.8. The molecule has 0 spiro atoms. The molecule has 2 aromatic carbocycles. The summed E-state index contributed by atoms with van der Waals surface area (Å²) in [6.45, 7) is 4.79. The van der Waals surface area contributed by atoms with Crippen molar-refractivity contribution in [2.75, 3.05) is 44.2 Å². The summed E-state index contributed by atoms with van der Waals surface area (Å²) in [6.07, 6.45) is -0.870. The lowest BCUT2D eigenvalue weighted by molar-refractivity contribution is -0.132. The van der Waals surface area contributed by atoms with Crippen molar-refractivity contribution in [1.29, 1.82) is 5.26 Å². The van der Waals surface area contributed by atoms with Crippen LogP contribution < -0.4 is 10.2 Å². The van der Waals surface area contributed by atoms with Gasteiger partial charge in [-0.3, -0.25) is 14.6 Å². The molecule has 2 aliphatic rings. The van der Waals surface area contributed by atoms with E-state index in [1.54, 1.807) is 37.3 Å². The first-order valence-corrected chi connectivity index (χ1v) is 11.2. The molecule has 0 bridgehead atoms. The summed E-state index contributed by atoms with van der Waals surface area (Å²) >= 11 is 5.94. The molecular weight excluding hydrogens is 477 g/mol. The van der Waals surface area contributed by atoms with Crippen LogP contribution in [-0.2, 0) is 10.3 Å². The van der Waals surface area contributed by atoms with Crippen LogP contribution in [0.25, 0.3) is 0 Å². The molecule has 180 valence electrons. The SMILES string of the molecule is CC1(c2ccc(Cl)cc2)NC(=O)N(CC(O)CN2CCN(c3ccccc3C#N)CC2)C1=O.Cl. The number of imide groups is 1. The molecular formula is C24H27Cl2N5O3. The van der Waals surface area contributed by atoms with Gasteiger partial charge >= 0.3 is 6.03 Å². The van der Waals surface area contributed by atoms with Crippen LogP contribution in [0.4, 0.5) is 10.5 Å². The molecule has 2 N–H and O–H groups in total. The summed E-state index contributed by atoms with van der Waals surface area (Å²) in [5.74, 6) is -0.396. The van der Waals surface area contributed by atoms with Crippen molar-refractivity contribution in [3.63, 3.8) is 0 Å². The number of aliphatic hydroxyl groups is 1. The predicted octanol–water partition coefficient (Wildman–Crippen LogP) is 2.58. The number of piperazine rings is 1. The van der Waals surface area contributed by atoms with Gasteiger partial charge in [0, 0.05) is 37.7 Å². The molecule has 34 heavy (non-hydrogen) atoms. The fraction of sp³-hybridized carbons (Fsp3) is 0.375. The first-order valence-electron chi connectivity index (χ1n) is 10.9. The van der Waals surface area contributed by atoms with Gasteiger partial charge in [-0.1, -0.05) is 35.9 Å². The Morgan fingerprint density at radius 2 is 1.74 bits per heavy atom. The van der Waals surface area contributed by atoms with Crippen LogP contribution in [0.2, 0.25) is 5.02 Å². The number of aliphatic hydroxyl groups excluding tert-OH is 1. The molecule has 2 atom stereocenters. The number of carbonyl (C=O) groups excluding carboxylic acids is 2. The number of nitrogens with zero attached hydrogens (tertiary/aromatic N) is 4. The maximum absolute atomic E-state index is 13.1. The molecule has 0 aliphatic carbocycles. The van der Waals surface area contributed by atoms with E-state index >= 15 is 0 Å². The zero-order valence-corrected chi connectivity index (χ0v) is 20.3. The lowest BCUT2D eigenvalue weighted by atomic mass is 9.92. The zero-order chi connectivity index (χ0) is 23.6. The molecule has 10 heteroatoms. The molecule has 2 fully saturated rings. The van der Waals surface area contributed by atoms with Gasteiger partial charge in [-0.05, 0) is 36.8 Å². The monoisotopic (exact) mass is 503 g/mol. The van der Waals surface area contributed by atoms with Crippen molar-refractivity contribution in [1.82, 2.24) is 15.1 Å². The highest BCUT2D eigenvalue weighted by Crippen LogP contribution is 2.30. The maximum Gasteiger partial charge on any atom is 0.325 e. The second kappa shape index (κ2) is 10.6. The molecule has 2 heterocycles. The number of para-hydroxylation sites is 1. The summed E-state index contributed by atoms with van der Waals surface area (Å²) in [5, 5.41) is 23.3. The number of β-amino-alcohol motifs (C(OH)–C–C–N with tert-alkyl or cyclic N) is 1. The Balaban J connectivity index is 0.00000324. The van der Waals surface area contributed by atoms with E-state index < -0.39 is 23.6 Å². The maximum atomic E-state index is 13.1. The molecule has 2 saturated heterocycles. The Bertz CT molecular complexity index is 1080. The van der Waals surface area contributed by atoms with Crippen LogP contribution in [0.5, 0.6) is 0 Å². The average molecular weight is 504 g/mol. The van der Waals surface area contributed by atoms with Gasteiger partial charge in [-0.25, -0.2) is 4.79 Å². The highest BCUT2D eigenvalue weighted by atomic mass is 35.5. The van der Waals surface area contributed by atoms with Gasteiger partial charge in [-0.15, -0.1) is 12.4 Å². The number of rotatable bonds is 6. The van der Waals surface area contributed by atoms with E-state index in [0.29, 0.717) is 35.8 Å². The normalized spacial score (nSPS) is 21.6. The Kier molecular flexibility index (Phi) is 8.05.